The number of nitrogens with zero attached hydrogens (tertiary/aromatic N) is 2. The third-order valence-corrected chi connectivity index (χ3v) is 7.85. The lowest BCUT2D eigenvalue weighted by Gasteiger charge is -2.33. The Hall–Kier alpha value is -0.650. The minimum atomic E-state index is 0.301. The van der Waals surface area contributed by atoms with Crippen LogP contribution in [-0.4, -0.2) is 6.21 Å². The number of rotatable bonds is 2. The maximum absolute atomic E-state index is 9.59. The number of nitriles is 1. The molecule has 0 saturated heterocycles. The Balaban J connectivity index is 1.91. The molecule has 0 unspecified atom stereocenters. The molecule has 0 fully saturated rings. The first-order chi connectivity index (χ1) is 11.3. The highest BCUT2D eigenvalue weighted by molar-refractivity contribution is 14.1. The molecule has 3 rings (SSSR count). The van der Waals surface area contributed by atoms with Gasteiger partial charge < -0.3 is 4.42 Å². The van der Waals surface area contributed by atoms with Gasteiger partial charge in [0.25, 0.3) is 0 Å². The Bertz CT molecular complexity index is 819. The zero-order chi connectivity index (χ0) is 17.5. The van der Waals surface area contributed by atoms with E-state index in [9.17, 15) is 5.26 Å². The Kier molecular flexibility index (Phi) is 5.24. The van der Waals surface area contributed by atoms with Crippen LogP contribution in [0, 0.1) is 26.4 Å². The standard InChI is InChI=1S/C18H18BrIN2OS/c1-18(2,3)10-4-5-12-13(8-21)17(24-15(12)6-10)22-9-11-7-14(19)16(20)23-11/h7,9-10H,4-6H2,1-3H3/t10-/m0/s1. The van der Waals surface area contributed by atoms with Crippen molar-refractivity contribution in [2.24, 2.45) is 16.3 Å². The van der Waals surface area contributed by atoms with Crippen LogP contribution in [0.4, 0.5) is 5.00 Å². The molecule has 1 atom stereocenters. The van der Waals surface area contributed by atoms with Crippen LogP contribution in [0.15, 0.2) is 19.9 Å². The average molecular weight is 517 g/mol. The van der Waals surface area contributed by atoms with Crippen LogP contribution in [0.25, 0.3) is 0 Å². The van der Waals surface area contributed by atoms with E-state index in [4.69, 9.17) is 4.42 Å². The van der Waals surface area contributed by atoms with E-state index < -0.39 is 0 Å². The molecule has 2 aromatic rings. The highest BCUT2D eigenvalue weighted by Crippen LogP contribution is 2.44. The van der Waals surface area contributed by atoms with Crippen molar-refractivity contribution < 1.29 is 4.42 Å². The molecule has 0 aliphatic heterocycles. The normalized spacial score (nSPS) is 17.9. The van der Waals surface area contributed by atoms with Crippen LogP contribution >= 0.6 is 49.9 Å². The molecule has 0 amide bonds. The van der Waals surface area contributed by atoms with Crippen molar-refractivity contribution in [3.05, 3.63) is 36.1 Å². The first kappa shape index (κ1) is 18.2. The van der Waals surface area contributed by atoms with Crippen LogP contribution in [0.2, 0.25) is 0 Å². The Labute approximate surface area is 168 Å². The summed E-state index contributed by atoms with van der Waals surface area (Å²) in [4.78, 5) is 5.88. The number of hydrogen-bond acceptors (Lipinski definition) is 4. The number of hydrogen-bond donors (Lipinski definition) is 0. The van der Waals surface area contributed by atoms with Gasteiger partial charge in [-0.25, -0.2) is 4.99 Å². The fraction of sp³-hybridized carbons (Fsp3) is 0.444. The largest absolute Gasteiger partial charge is 0.448 e. The van der Waals surface area contributed by atoms with Gasteiger partial charge in [-0.2, -0.15) is 5.26 Å². The van der Waals surface area contributed by atoms with Crippen molar-refractivity contribution >= 4 is 61.1 Å². The van der Waals surface area contributed by atoms with Gasteiger partial charge in [0.2, 0.25) is 0 Å². The maximum atomic E-state index is 9.59. The summed E-state index contributed by atoms with van der Waals surface area (Å²) in [6.07, 6.45) is 4.88. The zero-order valence-corrected chi connectivity index (χ0v) is 18.4. The molecule has 0 spiro atoms. The quantitative estimate of drug-likeness (QED) is 0.338. The van der Waals surface area contributed by atoms with Crippen LogP contribution in [-0.2, 0) is 12.8 Å². The van der Waals surface area contributed by atoms with Crippen LogP contribution in [0.1, 0.15) is 49.0 Å². The summed E-state index contributed by atoms with van der Waals surface area (Å²) < 4.78 is 7.30. The third kappa shape index (κ3) is 3.63. The fourth-order valence-electron chi connectivity index (χ4n) is 3.07. The summed E-state index contributed by atoms with van der Waals surface area (Å²) in [5, 5.41) is 10.4. The number of furan rings is 1. The van der Waals surface area contributed by atoms with Gasteiger partial charge in [-0.15, -0.1) is 11.3 Å². The SMILES string of the molecule is CC(C)(C)[C@H]1CCc2c(sc(N=Cc3cc(Br)c(I)o3)c2C#N)C1. The first-order valence-corrected chi connectivity index (χ1v) is 10.5. The fourth-order valence-corrected chi connectivity index (χ4v) is 5.00. The van der Waals surface area contributed by atoms with Gasteiger partial charge in [-0.3, -0.25) is 0 Å². The lowest BCUT2D eigenvalue weighted by Crippen LogP contribution is -2.26. The van der Waals surface area contributed by atoms with Gasteiger partial charge in [0, 0.05) is 33.5 Å². The molecule has 3 nitrogen and oxygen atoms in total. The van der Waals surface area contributed by atoms with Crippen molar-refractivity contribution in [1.82, 2.24) is 0 Å². The number of thiophene rings is 1. The Morgan fingerprint density at radius 1 is 1.50 bits per heavy atom. The highest BCUT2D eigenvalue weighted by Gasteiger charge is 2.32. The highest BCUT2D eigenvalue weighted by atomic mass is 127. The molecule has 126 valence electrons. The minimum absolute atomic E-state index is 0.301. The maximum Gasteiger partial charge on any atom is 0.178 e. The van der Waals surface area contributed by atoms with E-state index in [2.05, 4.69) is 70.4 Å². The number of aliphatic imine (C=N–C) groups is 1. The van der Waals surface area contributed by atoms with Crippen LogP contribution < -0.4 is 0 Å². The van der Waals surface area contributed by atoms with Gasteiger partial charge >= 0.3 is 0 Å². The summed E-state index contributed by atoms with van der Waals surface area (Å²) in [6, 6.07) is 4.25. The molecule has 0 aromatic carbocycles. The van der Waals surface area contributed by atoms with E-state index in [0.717, 1.165) is 38.1 Å². The average Bonchev–Trinajstić information content (AvgIpc) is 3.03. The smallest absolute Gasteiger partial charge is 0.178 e. The molecule has 24 heavy (non-hydrogen) atoms. The molecule has 0 radical (unpaired) electrons. The van der Waals surface area contributed by atoms with Gasteiger partial charge in [0.1, 0.15) is 16.8 Å². The summed E-state index contributed by atoms with van der Waals surface area (Å²) >= 11 is 7.22. The second kappa shape index (κ2) is 6.93. The Morgan fingerprint density at radius 3 is 2.83 bits per heavy atom. The lowest BCUT2D eigenvalue weighted by molar-refractivity contribution is 0.218. The van der Waals surface area contributed by atoms with Gasteiger partial charge in [0.05, 0.1) is 16.3 Å². The zero-order valence-electron chi connectivity index (χ0n) is 13.8. The second-order valence-electron chi connectivity index (χ2n) is 7.13. The predicted molar refractivity (Wildman–Crippen MR) is 110 cm³/mol. The monoisotopic (exact) mass is 516 g/mol. The molecule has 2 aromatic heterocycles. The van der Waals surface area contributed by atoms with Gasteiger partial charge in [-0.1, -0.05) is 20.8 Å². The first-order valence-electron chi connectivity index (χ1n) is 7.83. The van der Waals surface area contributed by atoms with Gasteiger partial charge in [0.15, 0.2) is 3.77 Å². The van der Waals surface area contributed by atoms with Crippen molar-refractivity contribution in [2.45, 2.75) is 40.0 Å². The summed E-state index contributed by atoms with van der Waals surface area (Å²) in [5.41, 5.74) is 2.26. The van der Waals surface area contributed by atoms with E-state index in [1.165, 1.54) is 10.4 Å². The molecular formula is C18H18BrIN2OS. The van der Waals surface area contributed by atoms with E-state index in [0.29, 0.717) is 17.1 Å². The summed E-state index contributed by atoms with van der Waals surface area (Å²) in [7, 11) is 0. The lowest BCUT2D eigenvalue weighted by atomic mass is 9.72. The molecular weight excluding hydrogens is 499 g/mol. The molecule has 6 heteroatoms. The minimum Gasteiger partial charge on any atom is -0.448 e. The molecule has 1 aliphatic rings. The van der Waals surface area contributed by atoms with Crippen LogP contribution in [0.3, 0.4) is 0 Å². The van der Waals surface area contributed by atoms with Crippen molar-refractivity contribution in [2.75, 3.05) is 0 Å². The molecule has 0 bridgehead atoms. The number of halogens is 2. The van der Waals surface area contributed by atoms with E-state index in [1.807, 2.05) is 6.07 Å². The summed E-state index contributed by atoms with van der Waals surface area (Å²) in [6.45, 7) is 6.91. The summed E-state index contributed by atoms with van der Waals surface area (Å²) in [5.74, 6) is 1.35. The van der Waals surface area contributed by atoms with E-state index in [1.54, 1.807) is 17.6 Å². The Morgan fingerprint density at radius 2 is 2.25 bits per heavy atom. The second-order valence-corrected chi connectivity index (χ2v) is 10.0. The van der Waals surface area contributed by atoms with E-state index in [-0.39, 0.29) is 0 Å². The van der Waals surface area contributed by atoms with Gasteiger partial charge in [-0.05, 0) is 52.1 Å². The van der Waals surface area contributed by atoms with E-state index >= 15 is 0 Å². The molecule has 2 heterocycles. The topological polar surface area (TPSA) is 49.3 Å². The molecule has 0 saturated carbocycles. The predicted octanol–water partition coefficient (Wildman–Crippen LogP) is 6.48. The third-order valence-electron chi connectivity index (χ3n) is 4.56. The number of fused-ring (bicyclic) bond motifs is 1. The molecule has 1 aliphatic carbocycles. The van der Waals surface area contributed by atoms with Crippen LogP contribution in [0.5, 0.6) is 0 Å². The molecule has 0 N–H and O–H groups in total. The van der Waals surface area contributed by atoms with Crippen molar-refractivity contribution in [3.8, 4) is 6.07 Å². The van der Waals surface area contributed by atoms with Crippen molar-refractivity contribution in [1.29, 1.82) is 5.26 Å². The van der Waals surface area contributed by atoms with Crippen molar-refractivity contribution in [3.63, 3.8) is 0 Å².